The van der Waals surface area contributed by atoms with Crippen LogP contribution in [0.2, 0.25) is 0 Å². The van der Waals surface area contributed by atoms with Gasteiger partial charge in [-0.2, -0.15) is 0 Å². The van der Waals surface area contributed by atoms with Crippen molar-refractivity contribution in [2.24, 2.45) is 44.8 Å². The molecule has 1 heterocycles. The SMILES string of the molecule is CO[C@@H](CCC1[C@@H](O)C[C@@]2(C)C3C[C@H](OC4OC(CO)C(O)C(O)C4O)C4C(C)(C)[C@@H](O)CC[C@@]45C[C@@]35CC[C@]12C)C(C)(C)O. The maximum atomic E-state index is 11.8. The molecule has 7 N–H and O–H groups in total. The lowest BCUT2D eigenvalue weighted by molar-refractivity contribution is -0.331. The minimum Gasteiger partial charge on any atom is -0.394 e. The Bertz CT molecular complexity index is 1110. The number of methoxy groups -OCH3 is 1. The van der Waals surface area contributed by atoms with E-state index in [0.29, 0.717) is 19.3 Å². The number of rotatable bonds is 8. The van der Waals surface area contributed by atoms with Gasteiger partial charge in [-0.1, -0.05) is 27.7 Å². The number of fused-ring (bicyclic) bond motifs is 2. The standard InChI is InChI=1S/C35H60O10/c1-30(2)23(38)10-11-35-17-34(35)13-12-32(5)18(8-9-24(43-7)31(3,4)42)19(37)15-33(32,6)22(34)14-20(28(30)35)44-29-27(41)26(40)25(39)21(16-36)45-29/h18-29,36-42H,8-17H2,1-7H3/t18?,19-,20-,21?,22?,23-,24-,25?,26?,27?,28?,29?,32+,33-,34-,35+/m0/s1. The molecule has 0 amide bonds. The Morgan fingerprint density at radius 2 is 1.60 bits per heavy atom. The highest BCUT2D eigenvalue weighted by molar-refractivity contribution is 5.32. The summed E-state index contributed by atoms with van der Waals surface area (Å²) in [5, 5.41) is 75.6. The topological polar surface area (TPSA) is 169 Å². The average molecular weight is 641 g/mol. The van der Waals surface area contributed by atoms with Crippen LogP contribution in [0.15, 0.2) is 0 Å². The van der Waals surface area contributed by atoms with E-state index in [1.165, 1.54) is 0 Å². The fourth-order valence-corrected chi connectivity index (χ4v) is 12.6. The minimum absolute atomic E-state index is 0.0123. The van der Waals surface area contributed by atoms with Gasteiger partial charge in [-0.15, -0.1) is 0 Å². The number of ether oxygens (including phenoxy) is 3. The van der Waals surface area contributed by atoms with Crippen LogP contribution in [0.3, 0.4) is 0 Å². The van der Waals surface area contributed by atoms with Crippen LogP contribution >= 0.6 is 0 Å². The molecule has 6 aliphatic rings. The Balaban J connectivity index is 1.34. The van der Waals surface area contributed by atoms with Gasteiger partial charge in [0.25, 0.3) is 0 Å². The first kappa shape index (κ1) is 34.5. The maximum absolute atomic E-state index is 11.8. The zero-order valence-corrected chi connectivity index (χ0v) is 28.4. The smallest absolute Gasteiger partial charge is 0.186 e. The van der Waals surface area contributed by atoms with E-state index < -0.39 is 66.6 Å². The van der Waals surface area contributed by atoms with Crippen molar-refractivity contribution in [2.75, 3.05) is 13.7 Å². The predicted molar refractivity (Wildman–Crippen MR) is 165 cm³/mol. The molecule has 260 valence electrons. The minimum atomic E-state index is -1.52. The molecular formula is C35H60O10. The zero-order valence-electron chi connectivity index (χ0n) is 28.4. The van der Waals surface area contributed by atoms with E-state index in [0.717, 1.165) is 38.5 Å². The molecule has 10 nitrogen and oxygen atoms in total. The van der Waals surface area contributed by atoms with E-state index in [1.807, 2.05) is 0 Å². The van der Waals surface area contributed by atoms with E-state index in [-0.39, 0.29) is 45.5 Å². The molecule has 0 radical (unpaired) electrons. The quantitative estimate of drug-likeness (QED) is 0.195. The number of hydrogen-bond donors (Lipinski definition) is 7. The van der Waals surface area contributed by atoms with Crippen molar-refractivity contribution < 1.29 is 50.0 Å². The van der Waals surface area contributed by atoms with Crippen molar-refractivity contribution in [1.82, 2.24) is 0 Å². The molecule has 0 aromatic rings. The largest absolute Gasteiger partial charge is 0.394 e. The van der Waals surface area contributed by atoms with Crippen LogP contribution in [0.25, 0.3) is 0 Å². The Kier molecular flexibility index (Phi) is 8.47. The molecule has 6 fully saturated rings. The fraction of sp³-hybridized carbons (Fsp3) is 1.00. The summed E-state index contributed by atoms with van der Waals surface area (Å²) in [5.74, 6) is 0.275. The number of aliphatic hydroxyl groups excluding tert-OH is 6. The van der Waals surface area contributed by atoms with Crippen LogP contribution in [-0.2, 0) is 14.2 Å². The average Bonchev–Trinajstić information content (AvgIpc) is 3.56. The summed E-state index contributed by atoms with van der Waals surface area (Å²) in [5.41, 5.74) is -1.75. The molecular weight excluding hydrogens is 580 g/mol. The molecule has 8 unspecified atom stereocenters. The third kappa shape index (κ3) is 4.71. The first-order valence-corrected chi connectivity index (χ1v) is 17.4. The Morgan fingerprint density at radius 3 is 2.22 bits per heavy atom. The zero-order chi connectivity index (χ0) is 33.1. The van der Waals surface area contributed by atoms with Crippen LogP contribution < -0.4 is 0 Å². The molecule has 16 atom stereocenters. The van der Waals surface area contributed by atoms with Gasteiger partial charge < -0.3 is 50.0 Å². The van der Waals surface area contributed by atoms with Crippen molar-refractivity contribution in [3.63, 3.8) is 0 Å². The molecule has 0 bridgehead atoms. The van der Waals surface area contributed by atoms with Crippen LogP contribution in [0.5, 0.6) is 0 Å². The van der Waals surface area contributed by atoms with Crippen LogP contribution in [-0.4, -0.2) is 110 Å². The van der Waals surface area contributed by atoms with Gasteiger partial charge in [0.2, 0.25) is 0 Å². The summed E-state index contributed by atoms with van der Waals surface area (Å²) in [6, 6.07) is 0. The Morgan fingerprint density at radius 1 is 0.911 bits per heavy atom. The highest BCUT2D eigenvalue weighted by atomic mass is 16.7. The predicted octanol–water partition coefficient (Wildman–Crippen LogP) is 2.12. The van der Waals surface area contributed by atoms with Crippen molar-refractivity contribution in [3.8, 4) is 0 Å². The second kappa shape index (κ2) is 11.1. The van der Waals surface area contributed by atoms with Crippen molar-refractivity contribution in [2.45, 2.75) is 160 Å². The summed E-state index contributed by atoms with van der Waals surface area (Å²) in [7, 11) is 1.63. The van der Waals surface area contributed by atoms with Gasteiger partial charge >= 0.3 is 0 Å². The first-order chi connectivity index (χ1) is 20.8. The monoisotopic (exact) mass is 640 g/mol. The van der Waals surface area contributed by atoms with Gasteiger partial charge in [0.1, 0.15) is 24.4 Å². The second-order valence-corrected chi connectivity index (χ2v) is 17.7. The molecule has 0 aromatic heterocycles. The van der Waals surface area contributed by atoms with Gasteiger partial charge in [0.15, 0.2) is 6.29 Å². The van der Waals surface area contributed by atoms with Crippen molar-refractivity contribution in [3.05, 3.63) is 0 Å². The lowest BCUT2D eigenvalue weighted by Crippen LogP contribution is -2.64. The molecule has 5 saturated carbocycles. The highest BCUT2D eigenvalue weighted by Gasteiger charge is 2.84. The molecule has 45 heavy (non-hydrogen) atoms. The molecule has 2 spiro atoms. The fourth-order valence-electron chi connectivity index (χ4n) is 12.6. The molecule has 1 aliphatic heterocycles. The van der Waals surface area contributed by atoms with Gasteiger partial charge in [0.05, 0.1) is 36.6 Å². The normalized spacial score (nSPS) is 54.4. The molecule has 1 saturated heterocycles. The summed E-state index contributed by atoms with van der Waals surface area (Å²) in [6.45, 7) is 12.0. The lowest BCUT2D eigenvalue weighted by atomic mass is 9.41. The molecule has 5 aliphatic carbocycles. The number of hydrogen-bond acceptors (Lipinski definition) is 10. The van der Waals surface area contributed by atoms with Crippen LogP contribution in [0.4, 0.5) is 0 Å². The highest BCUT2D eigenvalue weighted by Crippen LogP contribution is 2.89. The van der Waals surface area contributed by atoms with E-state index in [1.54, 1.807) is 21.0 Å². The molecule has 0 aromatic carbocycles. The summed E-state index contributed by atoms with van der Waals surface area (Å²) >= 11 is 0. The summed E-state index contributed by atoms with van der Waals surface area (Å²) in [6.07, 6.45) is -0.974. The van der Waals surface area contributed by atoms with Gasteiger partial charge in [-0.25, -0.2) is 0 Å². The van der Waals surface area contributed by atoms with E-state index in [2.05, 4.69) is 27.7 Å². The second-order valence-electron chi connectivity index (χ2n) is 17.7. The van der Waals surface area contributed by atoms with E-state index in [9.17, 15) is 35.7 Å². The van der Waals surface area contributed by atoms with Crippen molar-refractivity contribution >= 4 is 0 Å². The van der Waals surface area contributed by atoms with E-state index >= 15 is 0 Å². The first-order valence-electron chi connectivity index (χ1n) is 17.4. The molecule has 10 heteroatoms. The lowest BCUT2D eigenvalue weighted by Gasteiger charge is -2.64. The van der Waals surface area contributed by atoms with Crippen LogP contribution in [0.1, 0.15) is 99.3 Å². The van der Waals surface area contributed by atoms with Gasteiger partial charge in [-0.3, -0.25) is 0 Å². The summed E-state index contributed by atoms with van der Waals surface area (Å²) < 4.78 is 18.3. The molecule has 6 rings (SSSR count). The van der Waals surface area contributed by atoms with Crippen molar-refractivity contribution in [1.29, 1.82) is 0 Å². The van der Waals surface area contributed by atoms with Gasteiger partial charge in [0, 0.05) is 7.11 Å². The number of aliphatic hydroxyl groups is 7. The Hall–Kier alpha value is -0.400. The van der Waals surface area contributed by atoms with Gasteiger partial charge in [-0.05, 0) is 116 Å². The Labute approximate surface area is 268 Å². The third-order valence-corrected chi connectivity index (χ3v) is 15.2. The van der Waals surface area contributed by atoms with E-state index in [4.69, 9.17) is 14.2 Å². The van der Waals surface area contributed by atoms with Crippen LogP contribution in [0, 0.1) is 44.8 Å². The maximum Gasteiger partial charge on any atom is 0.186 e. The third-order valence-electron chi connectivity index (χ3n) is 15.2. The summed E-state index contributed by atoms with van der Waals surface area (Å²) in [4.78, 5) is 0.